The second-order valence-corrected chi connectivity index (χ2v) is 5.26. The quantitative estimate of drug-likeness (QED) is 0.683. The molecule has 5 nitrogen and oxygen atoms in total. The molecule has 0 bridgehead atoms. The molecular weight excluding hydrogens is 280 g/mol. The minimum Gasteiger partial charge on any atom is -0.480 e. The number of carboxylic acid groups (broad SMARTS) is 1. The summed E-state index contributed by atoms with van der Waals surface area (Å²) in [4.78, 5) is 22.6. The van der Waals surface area contributed by atoms with Crippen molar-refractivity contribution >= 4 is 22.6 Å². The predicted octanol–water partition coefficient (Wildman–Crippen LogP) is 2.15. The summed E-state index contributed by atoms with van der Waals surface area (Å²) in [6.07, 6.45) is 1.80. The lowest BCUT2D eigenvalue weighted by Crippen LogP contribution is -2.30. The van der Waals surface area contributed by atoms with E-state index in [0.717, 1.165) is 10.8 Å². The number of benzene rings is 2. The van der Waals surface area contributed by atoms with Crippen molar-refractivity contribution in [1.29, 1.82) is 0 Å². The highest BCUT2D eigenvalue weighted by Gasteiger charge is 2.10. The van der Waals surface area contributed by atoms with Crippen LogP contribution in [-0.2, 0) is 4.79 Å². The largest absolute Gasteiger partial charge is 0.480 e. The molecule has 1 atom stereocenters. The minimum atomic E-state index is -0.986. The lowest BCUT2D eigenvalue weighted by atomic mass is 10.1. The van der Waals surface area contributed by atoms with Gasteiger partial charge in [0, 0.05) is 12.1 Å². The molecule has 0 fully saturated rings. The Balaban J connectivity index is 1.80. The molecule has 2 aromatic carbocycles. The maximum atomic E-state index is 12.1. The monoisotopic (exact) mass is 300 g/mol. The summed E-state index contributed by atoms with van der Waals surface area (Å²) >= 11 is 0. The van der Waals surface area contributed by atoms with Gasteiger partial charge in [0.1, 0.15) is 6.04 Å². The molecule has 22 heavy (non-hydrogen) atoms. The minimum absolute atomic E-state index is 0.117. The normalized spacial score (nSPS) is 12.0. The number of carbonyl (C=O) groups is 2. The van der Waals surface area contributed by atoms with Crippen molar-refractivity contribution < 1.29 is 14.7 Å². The number of nitrogens with two attached hydrogens (primary N) is 1. The molecule has 2 aromatic rings. The van der Waals surface area contributed by atoms with Crippen molar-refractivity contribution in [3.8, 4) is 0 Å². The first-order valence-electron chi connectivity index (χ1n) is 7.33. The summed E-state index contributed by atoms with van der Waals surface area (Å²) in [7, 11) is 0. The average molecular weight is 300 g/mol. The lowest BCUT2D eigenvalue weighted by Gasteiger charge is -2.08. The van der Waals surface area contributed by atoms with Crippen molar-refractivity contribution in [2.45, 2.75) is 25.3 Å². The molecule has 0 aliphatic rings. The zero-order chi connectivity index (χ0) is 15.9. The number of carboxylic acids is 1. The summed E-state index contributed by atoms with van der Waals surface area (Å²) in [6, 6.07) is 12.7. The van der Waals surface area contributed by atoms with Gasteiger partial charge in [-0.3, -0.25) is 9.59 Å². The molecule has 0 radical (unpaired) electrons. The van der Waals surface area contributed by atoms with E-state index in [4.69, 9.17) is 10.8 Å². The van der Waals surface area contributed by atoms with Crippen LogP contribution < -0.4 is 11.1 Å². The standard InChI is InChI=1S/C17H20N2O3/c18-15(17(21)22)7-3-4-10-19-16(20)14-9-8-12-5-1-2-6-13(12)11-14/h1-2,5-6,8-9,11,15H,3-4,7,10,18H2,(H,19,20)(H,21,22)/t15-/m0/s1. The summed E-state index contributed by atoms with van der Waals surface area (Å²) in [5, 5.41) is 13.6. The van der Waals surface area contributed by atoms with Gasteiger partial charge < -0.3 is 16.2 Å². The van der Waals surface area contributed by atoms with Crippen molar-refractivity contribution in [3.63, 3.8) is 0 Å². The van der Waals surface area contributed by atoms with Crippen LogP contribution in [0.4, 0.5) is 0 Å². The van der Waals surface area contributed by atoms with E-state index in [1.54, 1.807) is 6.07 Å². The summed E-state index contributed by atoms with van der Waals surface area (Å²) in [5.41, 5.74) is 6.04. The van der Waals surface area contributed by atoms with Crippen molar-refractivity contribution in [3.05, 3.63) is 48.0 Å². The predicted molar refractivity (Wildman–Crippen MR) is 85.7 cm³/mol. The van der Waals surface area contributed by atoms with Gasteiger partial charge >= 0.3 is 5.97 Å². The third kappa shape index (κ3) is 4.30. The fourth-order valence-corrected chi connectivity index (χ4v) is 2.25. The van der Waals surface area contributed by atoms with Crippen LogP contribution in [0.15, 0.2) is 42.5 Å². The Bertz CT molecular complexity index is 670. The molecule has 0 aliphatic carbocycles. The summed E-state index contributed by atoms with van der Waals surface area (Å²) in [5.74, 6) is -1.10. The van der Waals surface area contributed by atoms with Crippen molar-refractivity contribution in [2.24, 2.45) is 5.73 Å². The van der Waals surface area contributed by atoms with E-state index in [2.05, 4.69) is 5.32 Å². The van der Waals surface area contributed by atoms with E-state index in [1.807, 2.05) is 36.4 Å². The van der Waals surface area contributed by atoms with Crippen LogP contribution in [0.25, 0.3) is 10.8 Å². The maximum Gasteiger partial charge on any atom is 0.320 e. The van der Waals surface area contributed by atoms with Crippen LogP contribution in [-0.4, -0.2) is 29.6 Å². The van der Waals surface area contributed by atoms with E-state index >= 15 is 0 Å². The van der Waals surface area contributed by atoms with Gasteiger partial charge in [0.05, 0.1) is 0 Å². The zero-order valence-electron chi connectivity index (χ0n) is 12.3. The van der Waals surface area contributed by atoms with Gasteiger partial charge in [-0.15, -0.1) is 0 Å². The second kappa shape index (κ2) is 7.56. The van der Waals surface area contributed by atoms with E-state index in [1.165, 1.54) is 0 Å². The molecular formula is C17H20N2O3. The fourth-order valence-electron chi connectivity index (χ4n) is 2.25. The molecule has 0 unspecified atom stereocenters. The van der Waals surface area contributed by atoms with Gasteiger partial charge in [-0.05, 0) is 42.2 Å². The van der Waals surface area contributed by atoms with Crippen molar-refractivity contribution in [2.75, 3.05) is 6.54 Å². The third-order valence-electron chi connectivity index (χ3n) is 3.56. The van der Waals surface area contributed by atoms with Gasteiger partial charge in [-0.25, -0.2) is 0 Å². The molecule has 2 rings (SSSR count). The fraction of sp³-hybridized carbons (Fsp3) is 0.294. The van der Waals surface area contributed by atoms with Gasteiger partial charge in [0.25, 0.3) is 5.91 Å². The number of amides is 1. The molecule has 116 valence electrons. The smallest absolute Gasteiger partial charge is 0.320 e. The lowest BCUT2D eigenvalue weighted by molar-refractivity contribution is -0.138. The molecule has 0 saturated heterocycles. The topological polar surface area (TPSA) is 92.4 Å². The summed E-state index contributed by atoms with van der Waals surface area (Å²) in [6.45, 7) is 0.512. The second-order valence-electron chi connectivity index (χ2n) is 5.26. The molecule has 4 N–H and O–H groups in total. The number of carbonyl (C=O) groups excluding carboxylic acids is 1. The van der Waals surface area contributed by atoms with E-state index in [-0.39, 0.29) is 5.91 Å². The van der Waals surface area contributed by atoms with Crippen LogP contribution in [0.5, 0.6) is 0 Å². The molecule has 5 heteroatoms. The Labute approximate surface area is 129 Å². The highest BCUT2D eigenvalue weighted by atomic mass is 16.4. The Morgan fingerprint density at radius 2 is 1.82 bits per heavy atom. The van der Waals surface area contributed by atoms with E-state index in [9.17, 15) is 9.59 Å². The van der Waals surface area contributed by atoms with Crippen LogP contribution in [0.2, 0.25) is 0 Å². The third-order valence-corrected chi connectivity index (χ3v) is 3.56. The highest BCUT2D eigenvalue weighted by Crippen LogP contribution is 2.15. The maximum absolute atomic E-state index is 12.1. The average Bonchev–Trinajstić information content (AvgIpc) is 2.53. The Kier molecular flexibility index (Phi) is 5.49. The number of fused-ring (bicyclic) bond motifs is 1. The van der Waals surface area contributed by atoms with Gasteiger partial charge in [-0.1, -0.05) is 30.3 Å². The van der Waals surface area contributed by atoms with E-state index < -0.39 is 12.0 Å². The first-order valence-corrected chi connectivity index (χ1v) is 7.33. The Morgan fingerprint density at radius 1 is 1.09 bits per heavy atom. The van der Waals surface area contributed by atoms with Crippen LogP contribution >= 0.6 is 0 Å². The number of unbranched alkanes of at least 4 members (excludes halogenated alkanes) is 1. The summed E-state index contributed by atoms with van der Waals surface area (Å²) < 4.78 is 0. The number of nitrogens with one attached hydrogen (secondary N) is 1. The Hall–Kier alpha value is -2.40. The van der Waals surface area contributed by atoms with Gasteiger partial charge in [0.15, 0.2) is 0 Å². The molecule has 1 amide bonds. The zero-order valence-corrected chi connectivity index (χ0v) is 12.3. The first kappa shape index (κ1) is 16.0. The molecule has 0 heterocycles. The number of hydrogen-bond donors (Lipinski definition) is 3. The van der Waals surface area contributed by atoms with Crippen LogP contribution in [0, 0.1) is 0 Å². The Morgan fingerprint density at radius 3 is 2.55 bits per heavy atom. The van der Waals surface area contributed by atoms with Crippen molar-refractivity contribution in [1.82, 2.24) is 5.32 Å². The number of rotatable bonds is 7. The number of hydrogen-bond acceptors (Lipinski definition) is 3. The van der Waals surface area contributed by atoms with Crippen LogP contribution in [0.3, 0.4) is 0 Å². The van der Waals surface area contributed by atoms with Crippen LogP contribution in [0.1, 0.15) is 29.6 Å². The first-order chi connectivity index (χ1) is 10.6. The SMILES string of the molecule is N[C@@H](CCCCNC(=O)c1ccc2ccccc2c1)C(=O)O. The highest BCUT2D eigenvalue weighted by molar-refractivity contribution is 5.98. The number of aliphatic carboxylic acids is 1. The van der Waals surface area contributed by atoms with E-state index in [0.29, 0.717) is 31.4 Å². The molecule has 0 aromatic heterocycles. The molecule has 0 spiro atoms. The van der Waals surface area contributed by atoms with Gasteiger partial charge in [0.2, 0.25) is 0 Å². The van der Waals surface area contributed by atoms with Gasteiger partial charge in [-0.2, -0.15) is 0 Å². The molecule has 0 aliphatic heterocycles. The molecule has 0 saturated carbocycles.